The number of anilines is 1. The summed E-state index contributed by atoms with van der Waals surface area (Å²) >= 11 is 1.22. The monoisotopic (exact) mass is 380 g/mol. The second kappa shape index (κ2) is 6.52. The molecule has 1 saturated heterocycles. The van der Waals surface area contributed by atoms with Crippen LogP contribution in [-0.2, 0) is 21.5 Å². The molecule has 2 heterocycles. The third-order valence-corrected chi connectivity index (χ3v) is 5.82. The lowest BCUT2D eigenvalue weighted by Gasteiger charge is -2.33. The number of hydrogen-bond acceptors (Lipinski definition) is 5. The Morgan fingerprint density at radius 3 is 2.96 bits per heavy atom. The van der Waals surface area contributed by atoms with Crippen molar-refractivity contribution >= 4 is 34.2 Å². The van der Waals surface area contributed by atoms with Gasteiger partial charge in [-0.2, -0.15) is 5.26 Å². The highest BCUT2D eigenvalue weighted by molar-refractivity contribution is 7.14. The molecule has 2 N–H and O–H groups in total. The minimum Gasteiger partial charge on any atom is -0.319 e. The number of amides is 4. The summed E-state index contributed by atoms with van der Waals surface area (Å²) in [5, 5.41) is 16.5. The molecule has 0 bridgehead atoms. The van der Waals surface area contributed by atoms with Crippen molar-refractivity contribution in [3.8, 4) is 6.07 Å². The standard InChI is InChI=1S/C19H16N4O3S/c20-10-13-7-9-27-16(13)21-15(24)11-23-17(25)19(22-18(23)26)8-3-5-12-4-1-2-6-14(12)19/h1-2,4,6-7,9H,3,5,8,11H2,(H,21,24)(H,22,26). The molecule has 4 amide bonds. The zero-order chi connectivity index (χ0) is 19.0. The lowest BCUT2D eigenvalue weighted by Crippen LogP contribution is -2.47. The van der Waals surface area contributed by atoms with Gasteiger partial charge in [-0.05, 0) is 41.8 Å². The smallest absolute Gasteiger partial charge is 0.319 e. The molecule has 1 aliphatic carbocycles. The molecule has 1 spiro atoms. The maximum atomic E-state index is 13.1. The van der Waals surface area contributed by atoms with E-state index in [2.05, 4.69) is 10.6 Å². The minimum atomic E-state index is -1.09. The van der Waals surface area contributed by atoms with Crippen molar-refractivity contribution in [1.82, 2.24) is 10.2 Å². The highest BCUT2D eigenvalue weighted by Gasteiger charge is 2.54. The van der Waals surface area contributed by atoms with Gasteiger partial charge in [0, 0.05) is 0 Å². The molecule has 0 saturated carbocycles. The Bertz CT molecular complexity index is 993. The molecule has 1 atom stereocenters. The van der Waals surface area contributed by atoms with E-state index in [0.29, 0.717) is 17.0 Å². The summed E-state index contributed by atoms with van der Waals surface area (Å²) in [7, 11) is 0. The second-order valence-corrected chi connectivity index (χ2v) is 7.48. The largest absolute Gasteiger partial charge is 0.325 e. The van der Waals surface area contributed by atoms with Crippen LogP contribution in [0.25, 0.3) is 0 Å². The molecule has 7 nitrogen and oxygen atoms in total. The Kier molecular flexibility index (Phi) is 4.16. The van der Waals surface area contributed by atoms with Gasteiger partial charge >= 0.3 is 6.03 Å². The van der Waals surface area contributed by atoms with Crippen molar-refractivity contribution in [2.75, 3.05) is 11.9 Å². The Balaban J connectivity index is 1.56. The van der Waals surface area contributed by atoms with Gasteiger partial charge in [0.1, 0.15) is 23.2 Å². The van der Waals surface area contributed by atoms with E-state index < -0.39 is 29.9 Å². The molecule has 1 aromatic heterocycles. The van der Waals surface area contributed by atoms with E-state index in [1.54, 1.807) is 11.4 Å². The molecule has 1 aromatic carbocycles. The second-order valence-electron chi connectivity index (χ2n) is 6.56. The van der Waals surface area contributed by atoms with Crippen molar-refractivity contribution < 1.29 is 14.4 Å². The minimum absolute atomic E-state index is 0.350. The third kappa shape index (κ3) is 2.76. The van der Waals surface area contributed by atoms with Crippen LogP contribution in [0.1, 0.15) is 29.5 Å². The summed E-state index contributed by atoms with van der Waals surface area (Å²) in [4.78, 5) is 38.9. The summed E-state index contributed by atoms with van der Waals surface area (Å²) in [6.45, 7) is -0.392. The fourth-order valence-electron chi connectivity index (χ4n) is 3.76. The zero-order valence-corrected chi connectivity index (χ0v) is 15.1. The zero-order valence-electron chi connectivity index (χ0n) is 14.3. The first-order chi connectivity index (χ1) is 13.0. The number of imide groups is 1. The molecule has 2 aromatic rings. The molecule has 4 rings (SSSR count). The van der Waals surface area contributed by atoms with Crippen molar-refractivity contribution in [1.29, 1.82) is 5.26 Å². The summed E-state index contributed by atoms with van der Waals surface area (Å²) < 4.78 is 0. The van der Waals surface area contributed by atoms with Crippen LogP contribution in [0.2, 0.25) is 0 Å². The number of carbonyl (C=O) groups is 3. The number of benzene rings is 1. The van der Waals surface area contributed by atoms with E-state index in [9.17, 15) is 14.4 Å². The predicted octanol–water partition coefficient (Wildman–Crippen LogP) is 2.34. The van der Waals surface area contributed by atoms with Crippen molar-refractivity contribution in [2.45, 2.75) is 24.8 Å². The SMILES string of the molecule is N#Cc1ccsc1NC(=O)CN1C(=O)NC2(CCCc3ccccc32)C1=O. The number of carbonyl (C=O) groups excluding carboxylic acids is 3. The fraction of sp³-hybridized carbons (Fsp3) is 0.263. The molecule has 1 aliphatic heterocycles. The van der Waals surface area contributed by atoms with Crippen LogP contribution in [0.4, 0.5) is 9.80 Å². The Morgan fingerprint density at radius 1 is 1.33 bits per heavy atom. The number of aryl methyl sites for hydroxylation is 1. The van der Waals surface area contributed by atoms with E-state index >= 15 is 0 Å². The summed E-state index contributed by atoms with van der Waals surface area (Å²) in [5.41, 5.74) is 1.11. The Hall–Kier alpha value is -3.18. The van der Waals surface area contributed by atoms with E-state index in [1.165, 1.54) is 11.3 Å². The number of nitrogens with zero attached hydrogens (tertiary/aromatic N) is 2. The number of hydrogen-bond donors (Lipinski definition) is 2. The van der Waals surface area contributed by atoms with Gasteiger partial charge in [0.05, 0.1) is 5.56 Å². The van der Waals surface area contributed by atoms with Gasteiger partial charge in [0.25, 0.3) is 5.91 Å². The van der Waals surface area contributed by atoms with Crippen LogP contribution in [0.15, 0.2) is 35.7 Å². The van der Waals surface area contributed by atoms with Gasteiger partial charge in [0.15, 0.2) is 0 Å². The molecule has 136 valence electrons. The Morgan fingerprint density at radius 2 is 2.15 bits per heavy atom. The number of rotatable bonds is 3. The average Bonchev–Trinajstić information content (AvgIpc) is 3.20. The van der Waals surface area contributed by atoms with Gasteiger partial charge in [-0.15, -0.1) is 11.3 Å². The third-order valence-electron chi connectivity index (χ3n) is 4.99. The average molecular weight is 380 g/mol. The molecule has 0 radical (unpaired) electrons. The van der Waals surface area contributed by atoms with Crippen LogP contribution in [0, 0.1) is 11.3 Å². The van der Waals surface area contributed by atoms with Gasteiger partial charge in [0.2, 0.25) is 5.91 Å². The molecule has 8 heteroatoms. The van der Waals surface area contributed by atoms with E-state index in [-0.39, 0.29) is 0 Å². The number of fused-ring (bicyclic) bond motifs is 2. The molecular weight excluding hydrogens is 364 g/mol. The maximum absolute atomic E-state index is 13.1. The number of thiophene rings is 1. The molecule has 27 heavy (non-hydrogen) atoms. The summed E-state index contributed by atoms with van der Waals surface area (Å²) in [6.07, 6.45) is 2.15. The maximum Gasteiger partial charge on any atom is 0.325 e. The van der Waals surface area contributed by atoms with Crippen molar-refractivity contribution in [3.05, 3.63) is 52.4 Å². The van der Waals surface area contributed by atoms with Crippen LogP contribution in [0.3, 0.4) is 0 Å². The predicted molar refractivity (Wildman–Crippen MR) is 99.0 cm³/mol. The lowest BCUT2D eigenvalue weighted by molar-refractivity contribution is -0.134. The van der Waals surface area contributed by atoms with Crippen molar-refractivity contribution in [3.63, 3.8) is 0 Å². The van der Waals surface area contributed by atoms with E-state index in [1.807, 2.05) is 30.3 Å². The fourth-order valence-corrected chi connectivity index (χ4v) is 4.51. The number of urea groups is 1. The number of nitrogens with one attached hydrogen (secondary N) is 2. The molecule has 2 aliphatic rings. The topological polar surface area (TPSA) is 102 Å². The van der Waals surface area contributed by atoms with Crippen LogP contribution in [-0.4, -0.2) is 29.3 Å². The first-order valence-electron chi connectivity index (χ1n) is 8.55. The van der Waals surface area contributed by atoms with Gasteiger partial charge < -0.3 is 10.6 Å². The van der Waals surface area contributed by atoms with Crippen LogP contribution in [0.5, 0.6) is 0 Å². The van der Waals surface area contributed by atoms with Crippen LogP contribution < -0.4 is 10.6 Å². The van der Waals surface area contributed by atoms with Gasteiger partial charge in [-0.1, -0.05) is 24.3 Å². The summed E-state index contributed by atoms with van der Waals surface area (Å²) in [6, 6.07) is 10.6. The molecule has 1 fully saturated rings. The van der Waals surface area contributed by atoms with Crippen LogP contribution >= 0.6 is 11.3 Å². The number of nitriles is 1. The normalized spacial score (nSPS) is 20.9. The first-order valence-corrected chi connectivity index (χ1v) is 9.43. The Labute approximate surface area is 159 Å². The van der Waals surface area contributed by atoms with E-state index in [4.69, 9.17) is 5.26 Å². The van der Waals surface area contributed by atoms with Gasteiger partial charge in [-0.3, -0.25) is 14.5 Å². The summed E-state index contributed by atoms with van der Waals surface area (Å²) in [5.74, 6) is -0.917. The van der Waals surface area contributed by atoms with Crippen molar-refractivity contribution in [2.24, 2.45) is 0 Å². The highest BCUT2D eigenvalue weighted by atomic mass is 32.1. The molecule has 1 unspecified atom stereocenters. The first kappa shape index (κ1) is 17.2. The van der Waals surface area contributed by atoms with Gasteiger partial charge in [-0.25, -0.2) is 4.79 Å². The molecular formula is C19H16N4O3S. The quantitative estimate of drug-likeness (QED) is 0.798. The highest BCUT2D eigenvalue weighted by Crippen LogP contribution is 2.39. The lowest BCUT2D eigenvalue weighted by atomic mass is 9.76. The van der Waals surface area contributed by atoms with E-state index in [0.717, 1.165) is 28.9 Å².